The number of piperidine rings is 1. The second-order valence-electron chi connectivity index (χ2n) is 8.78. The lowest BCUT2D eigenvalue weighted by Gasteiger charge is -2.35. The smallest absolute Gasteiger partial charge is 0.268 e. The lowest BCUT2D eigenvalue weighted by Crippen LogP contribution is -2.44. The fourth-order valence-corrected chi connectivity index (χ4v) is 6.20. The third-order valence-electron chi connectivity index (χ3n) is 6.61. The number of hydrogen-bond acceptors (Lipinski definition) is 6. The quantitative estimate of drug-likeness (QED) is 0.609. The Morgan fingerprint density at radius 2 is 1.76 bits per heavy atom. The number of methoxy groups -OCH3 is 1. The van der Waals surface area contributed by atoms with Crippen LogP contribution in [0.4, 0.5) is 0 Å². The van der Waals surface area contributed by atoms with Crippen molar-refractivity contribution in [2.45, 2.75) is 30.2 Å². The number of morpholine rings is 1. The first-order chi connectivity index (χ1) is 16.4. The molecule has 1 amide bonds. The molecular weight excluding hydrogens is 456 g/mol. The molecule has 0 spiro atoms. The Balaban J connectivity index is 1.49. The number of carbonyl (C=O) groups is 1. The van der Waals surface area contributed by atoms with Crippen molar-refractivity contribution in [3.63, 3.8) is 0 Å². The summed E-state index contributed by atoms with van der Waals surface area (Å²) in [5, 5.41) is 3.03. The van der Waals surface area contributed by atoms with Crippen LogP contribution < -0.4 is 10.1 Å². The van der Waals surface area contributed by atoms with Gasteiger partial charge in [0.15, 0.2) is 0 Å². The van der Waals surface area contributed by atoms with Crippen molar-refractivity contribution in [1.29, 1.82) is 0 Å². The summed E-state index contributed by atoms with van der Waals surface area (Å²) in [4.78, 5) is 15.6. The van der Waals surface area contributed by atoms with E-state index in [2.05, 4.69) is 10.2 Å². The van der Waals surface area contributed by atoms with Crippen LogP contribution in [0, 0.1) is 0 Å². The Hall–Kier alpha value is -2.40. The number of aromatic nitrogens is 1. The van der Waals surface area contributed by atoms with E-state index in [-0.39, 0.29) is 16.8 Å². The predicted molar refractivity (Wildman–Crippen MR) is 128 cm³/mol. The van der Waals surface area contributed by atoms with Gasteiger partial charge in [-0.2, -0.15) is 4.31 Å². The van der Waals surface area contributed by atoms with Crippen LogP contribution in [-0.4, -0.2) is 81.1 Å². The van der Waals surface area contributed by atoms with Crippen LogP contribution in [0.3, 0.4) is 0 Å². The van der Waals surface area contributed by atoms with E-state index in [4.69, 9.17) is 9.47 Å². The number of amides is 1. The molecule has 10 heteroatoms. The molecule has 0 saturated carbocycles. The maximum Gasteiger partial charge on any atom is 0.268 e. The van der Waals surface area contributed by atoms with Crippen molar-refractivity contribution in [2.24, 2.45) is 7.05 Å². The van der Waals surface area contributed by atoms with Crippen molar-refractivity contribution < 1.29 is 22.7 Å². The first kappa shape index (κ1) is 24.7. The Labute approximate surface area is 201 Å². The molecule has 3 heterocycles. The largest absolute Gasteiger partial charge is 0.497 e. The second-order valence-corrected chi connectivity index (χ2v) is 10.7. The minimum absolute atomic E-state index is 0.0319. The van der Waals surface area contributed by atoms with Gasteiger partial charge in [0.25, 0.3) is 5.91 Å². The Morgan fingerprint density at radius 1 is 1.09 bits per heavy atom. The van der Waals surface area contributed by atoms with Gasteiger partial charge in [-0.15, -0.1) is 0 Å². The SMILES string of the molecule is COc1ccc(C(CNC(=O)c2cc(S(=O)(=O)N3CCCCC3)cn2C)N2CCOCC2)cc1. The highest BCUT2D eigenvalue weighted by Gasteiger charge is 2.29. The first-order valence-corrected chi connectivity index (χ1v) is 13.2. The summed E-state index contributed by atoms with van der Waals surface area (Å²) in [7, 11) is -0.262. The third kappa shape index (κ3) is 5.46. The van der Waals surface area contributed by atoms with E-state index < -0.39 is 10.0 Å². The summed E-state index contributed by atoms with van der Waals surface area (Å²) >= 11 is 0. The Kier molecular flexibility index (Phi) is 7.92. The highest BCUT2D eigenvalue weighted by Crippen LogP contribution is 2.25. The van der Waals surface area contributed by atoms with Gasteiger partial charge < -0.3 is 19.4 Å². The maximum absolute atomic E-state index is 13.1. The fraction of sp³-hybridized carbons (Fsp3) is 0.542. The Bertz CT molecular complexity index is 1070. The molecule has 2 aliphatic rings. The van der Waals surface area contributed by atoms with Gasteiger partial charge in [-0.3, -0.25) is 9.69 Å². The van der Waals surface area contributed by atoms with E-state index in [1.165, 1.54) is 16.6 Å². The fourth-order valence-electron chi connectivity index (χ4n) is 4.61. The predicted octanol–water partition coefficient (Wildman–Crippen LogP) is 2.01. The van der Waals surface area contributed by atoms with Crippen molar-refractivity contribution in [3.05, 3.63) is 47.8 Å². The molecule has 1 aromatic carbocycles. The number of ether oxygens (including phenoxy) is 2. The topological polar surface area (TPSA) is 93.1 Å². The van der Waals surface area contributed by atoms with E-state index in [9.17, 15) is 13.2 Å². The van der Waals surface area contributed by atoms with Crippen LogP contribution in [0.2, 0.25) is 0 Å². The number of sulfonamides is 1. The molecule has 1 atom stereocenters. The van der Waals surface area contributed by atoms with Crippen molar-refractivity contribution in [1.82, 2.24) is 19.1 Å². The molecule has 1 aromatic heterocycles. The van der Waals surface area contributed by atoms with Gasteiger partial charge in [0.2, 0.25) is 10.0 Å². The van der Waals surface area contributed by atoms with Crippen LogP contribution in [-0.2, 0) is 21.8 Å². The Morgan fingerprint density at radius 3 is 2.41 bits per heavy atom. The number of benzene rings is 1. The standard InChI is InChI=1S/C24H34N4O5S/c1-26-18-21(34(30,31)28-10-4-3-5-11-28)16-22(26)24(29)25-17-23(27-12-14-33-15-13-27)19-6-8-20(32-2)9-7-19/h6-9,16,18,23H,3-5,10-15,17H2,1-2H3,(H,25,29). The molecule has 34 heavy (non-hydrogen) atoms. The molecule has 1 unspecified atom stereocenters. The van der Waals surface area contributed by atoms with Crippen LogP contribution >= 0.6 is 0 Å². The van der Waals surface area contributed by atoms with Gasteiger partial charge in [-0.1, -0.05) is 18.6 Å². The van der Waals surface area contributed by atoms with E-state index in [1.54, 1.807) is 18.7 Å². The van der Waals surface area contributed by atoms with Crippen LogP contribution in [0.1, 0.15) is 41.4 Å². The summed E-state index contributed by atoms with van der Waals surface area (Å²) in [6, 6.07) is 9.30. The molecule has 2 fully saturated rings. The first-order valence-electron chi connectivity index (χ1n) is 11.8. The molecule has 0 aliphatic carbocycles. The number of rotatable bonds is 8. The van der Waals surface area contributed by atoms with E-state index in [0.717, 1.165) is 43.7 Å². The maximum atomic E-state index is 13.1. The zero-order valence-corrected chi connectivity index (χ0v) is 20.7. The average molecular weight is 491 g/mol. The molecular formula is C24H34N4O5S. The second kappa shape index (κ2) is 10.9. The van der Waals surface area contributed by atoms with Crippen molar-refractivity contribution in [3.8, 4) is 5.75 Å². The average Bonchev–Trinajstić information content (AvgIpc) is 3.28. The van der Waals surface area contributed by atoms with Crippen LogP contribution in [0.15, 0.2) is 41.4 Å². The molecule has 2 aliphatic heterocycles. The van der Waals surface area contributed by atoms with E-state index >= 15 is 0 Å². The van der Waals surface area contributed by atoms with Gasteiger partial charge in [0.1, 0.15) is 16.3 Å². The van der Waals surface area contributed by atoms with Crippen molar-refractivity contribution >= 4 is 15.9 Å². The lowest BCUT2D eigenvalue weighted by atomic mass is 10.0. The van der Waals surface area contributed by atoms with Gasteiger partial charge in [-0.05, 0) is 36.6 Å². The third-order valence-corrected chi connectivity index (χ3v) is 8.47. The van der Waals surface area contributed by atoms with Gasteiger partial charge >= 0.3 is 0 Å². The molecule has 1 N–H and O–H groups in total. The highest BCUT2D eigenvalue weighted by atomic mass is 32.2. The summed E-state index contributed by atoms with van der Waals surface area (Å²) < 4.78 is 40.0. The monoisotopic (exact) mass is 490 g/mol. The number of nitrogens with one attached hydrogen (secondary N) is 1. The molecule has 9 nitrogen and oxygen atoms in total. The molecule has 4 rings (SSSR count). The minimum Gasteiger partial charge on any atom is -0.497 e. The molecule has 186 valence electrons. The van der Waals surface area contributed by atoms with Gasteiger partial charge in [0.05, 0.1) is 26.4 Å². The number of nitrogens with zero attached hydrogens (tertiary/aromatic N) is 3. The zero-order valence-electron chi connectivity index (χ0n) is 19.9. The van der Waals surface area contributed by atoms with Crippen LogP contribution in [0.25, 0.3) is 0 Å². The van der Waals surface area contributed by atoms with Crippen LogP contribution in [0.5, 0.6) is 5.75 Å². The normalized spacial score (nSPS) is 19.0. The van der Waals surface area contributed by atoms with Crippen molar-refractivity contribution in [2.75, 3.05) is 53.0 Å². The molecule has 0 bridgehead atoms. The number of hydrogen-bond donors (Lipinski definition) is 1. The molecule has 2 aromatic rings. The minimum atomic E-state index is -3.60. The summed E-state index contributed by atoms with van der Waals surface area (Å²) in [5.41, 5.74) is 1.40. The molecule has 2 saturated heterocycles. The molecule has 0 radical (unpaired) electrons. The lowest BCUT2D eigenvalue weighted by molar-refractivity contribution is 0.0162. The zero-order chi connectivity index (χ0) is 24.1. The number of aryl methyl sites for hydroxylation is 1. The van der Waals surface area contributed by atoms with E-state index in [1.807, 2.05) is 24.3 Å². The van der Waals surface area contributed by atoms with Gasteiger partial charge in [0, 0.05) is 46.0 Å². The summed E-state index contributed by atoms with van der Waals surface area (Å²) in [5.74, 6) is 0.481. The number of carbonyl (C=O) groups excluding carboxylic acids is 1. The summed E-state index contributed by atoms with van der Waals surface area (Å²) in [6.07, 6.45) is 4.32. The highest BCUT2D eigenvalue weighted by molar-refractivity contribution is 7.89. The van der Waals surface area contributed by atoms with E-state index in [0.29, 0.717) is 38.5 Å². The summed E-state index contributed by atoms with van der Waals surface area (Å²) in [6.45, 7) is 4.30. The van der Waals surface area contributed by atoms with Gasteiger partial charge in [-0.25, -0.2) is 8.42 Å².